The molecule has 2 nitrogen and oxygen atoms in total. The topological polar surface area (TPSA) is 17.8 Å². The fraction of sp³-hybridized carbons (Fsp3) is 0.350. The van der Waals surface area contributed by atoms with Crippen molar-refractivity contribution in [2.24, 2.45) is 0 Å². The Bertz CT molecular complexity index is 739. The molecule has 3 aromatic rings. The standard InChI is InChI=1S/C17H18N2.C3H8/c1-12-4-5-13(2)17-16(12)10-14(3)19(17)11-15-6-8-18-9-7-15;1-3-2/h4-10H,11H2,1-3H3;3H2,1-2H3. The van der Waals surface area contributed by atoms with Crippen molar-refractivity contribution in [2.45, 2.75) is 47.6 Å². The van der Waals surface area contributed by atoms with Crippen LogP contribution in [0.15, 0.2) is 42.7 Å². The molecule has 0 fully saturated rings. The highest BCUT2D eigenvalue weighted by atomic mass is 15.0. The third-order valence-corrected chi connectivity index (χ3v) is 3.78. The molecule has 3 rings (SSSR count). The number of pyridine rings is 1. The number of aryl methyl sites for hydroxylation is 3. The smallest absolute Gasteiger partial charge is 0.0517 e. The molecule has 1 aromatic carbocycles. The molecule has 2 heteroatoms. The first-order valence-corrected chi connectivity index (χ1v) is 8.03. The van der Waals surface area contributed by atoms with Gasteiger partial charge in [-0.05, 0) is 55.7 Å². The molecule has 0 bridgehead atoms. The highest BCUT2D eigenvalue weighted by Crippen LogP contribution is 2.26. The normalized spacial score (nSPS) is 10.4. The second kappa shape index (κ2) is 7.26. The Kier molecular flexibility index (Phi) is 5.37. The maximum Gasteiger partial charge on any atom is 0.0517 e. The van der Waals surface area contributed by atoms with Gasteiger partial charge in [-0.3, -0.25) is 4.98 Å². The fourth-order valence-corrected chi connectivity index (χ4v) is 2.70. The average molecular weight is 294 g/mol. The van der Waals surface area contributed by atoms with Crippen LogP contribution in [0, 0.1) is 20.8 Å². The molecule has 0 saturated carbocycles. The van der Waals surface area contributed by atoms with E-state index in [-0.39, 0.29) is 0 Å². The van der Waals surface area contributed by atoms with Crippen LogP contribution in [0.1, 0.15) is 42.7 Å². The van der Waals surface area contributed by atoms with E-state index >= 15 is 0 Å². The van der Waals surface area contributed by atoms with Gasteiger partial charge in [0, 0.05) is 30.0 Å². The van der Waals surface area contributed by atoms with E-state index in [1.54, 1.807) is 0 Å². The van der Waals surface area contributed by atoms with Crippen molar-refractivity contribution in [3.05, 3.63) is 65.1 Å². The molecule has 0 N–H and O–H groups in total. The van der Waals surface area contributed by atoms with Gasteiger partial charge in [0.05, 0.1) is 5.52 Å². The summed E-state index contributed by atoms with van der Waals surface area (Å²) >= 11 is 0. The number of aromatic nitrogens is 2. The van der Waals surface area contributed by atoms with E-state index < -0.39 is 0 Å². The summed E-state index contributed by atoms with van der Waals surface area (Å²) in [6, 6.07) is 10.9. The van der Waals surface area contributed by atoms with E-state index in [4.69, 9.17) is 0 Å². The summed E-state index contributed by atoms with van der Waals surface area (Å²) in [6.45, 7) is 11.7. The molecule has 22 heavy (non-hydrogen) atoms. The Hall–Kier alpha value is -2.09. The minimum absolute atomic E-state index is 0.905. The largest absolute Gasteiger partial charge is 0.340 e. The zero-order chi connectivity index (χ0) is 16.1. The molecule has 0 aliphatic rings. The van der Waals surface area contributed by atoms with E-state index in [9.17, 15) is 0 Å². The van der Waals surface area contributed by atoms with Gasteiger partial charge >= 0.3 is 0 Å². The zero-order valence-corrected chi connectivity index (χ0v) is 14.4. The number of hydrogen-bond donors (Lipinski definition) is 0. The van der Waals surface area contributed by atoms with Crippen molar-refractivity contribution in [2.75, 3.05) is 0 Å². The highest BCUT2D eigenvalue weighted by molar-refractivity contribution is 5.87. The van der Waals surface area contributed by atoms with Gasteiger partial charge in [0.2, 0.25) is 0 Å². The lowest BCUT2D eigenvalue weighted by Gasteiger charge is -2.10. The molecule has 0 saturated heterocycles. The van der Waals surface area contributed by atoms with Crippen LogP contribution in [0.5, 0.6) is 0 Å². The second-order valence-electron chi connectivity index (χ2n) is 5.90. The van der Waals surface area contributed by atoms with Gasteiger partial charge in [-0.25, -0.2) is 0 Å². The van der Waals surface area contributed by atoms with Gasteiger partial charge in [-0.1, -0.05) is 32.4 Å². The maximum absolute atomic E-state index is 4.08. The lowest BCUT2D eigenvalue weighted by molar-refractivity contribution is 0.801. The predicted molar refractivity (Wildman–Crippen MR) is 95.5 cm³/mol. The Balaban J connectivity index is 0.000000545. The first-order chi connectivity index (χ1) is 10.6. The Morgan fingerprint density at radius 2 is 1.50 bits per heavy atom. The van der Waals surface area contributed by atoms with Gasteiger partial charge in [-0.2, -0.15) is 0 Å². The van der Waals surface area contributed by atoms with Crippen LogP contribution in [-0.2, 0) is 6.54 Å². The molecule has 0 radical (unpaired) electrons. The van der Waals surface area contributed by atoms with Crippen LogP contribution in [0.3, 0.4) is 0 Å². The summed E-state index contributed by atoms with van der Waals surface area (Å²) in [6.07, 6.45) is 4.96. The van der Waals surface area contributed by atoms with Crippen LogP contribution in [0.4, 0.5) is 0 Å². The minimum Gasteiger partial charge on any atom is -0.340 e. The van der Waals surface area contributed by atoms with Crippen molar-refractivity contribution in [3.63, 3.8) is 0 Å². The molecule has 0 spiro atoms. The first-order valence-electron chi connectivity index (χ1n) is 8.03. The van der Waals surface area contributed by atoms with Crippen molar-refractivity contribution in [1.82, 2.24) is 9.55 Å². The van der Waals surface area contributed by atoms with E-state index in [1.165, 1.54) is 39.7 Å². The summed E-state index contributed by atoms with van der Waals surface area (Å²) in [4.78, 5) is 4.08. The molecule has 2 heterocycles. The lowest BCUT2D eigenvalue weighted by Crippen LogP contribution is -2.02. The number of rotatable bonds is 2. The van der Waals surface area contributed by atoms with Crippen molar-refractivity contribution < 1.29 is 0 Å². The van der Waals surface area contributed by atoms with Crippen LogP contribution < -0.4 is 0 Å². The van der Waals surface area contributed by atoms with Crippen molar-refractivity contribution in [1.29, 1.82) is 0 Å². The van der Waals surface area contributed by atoms with E-state index in [0.717, 1.165) is 6.54 Å². The maximum atomic E-state index is 4.08. The molecule has 0 amide bonds. The van der Waals surface area contributed by atoms with E-state index in [0.29, 0.717) is 0 Å². The number of fused-ring (bicyclic) bond motifs is 1. The van der Waals surface area contributed by atoms with Crippen molar-refractivity contribution in [3.8, 4) is 0 Å². The molecule has 0 aliphatic heterocycles. The predicted octanol–water partition coefficient (Wildman–Crippen LogP) is 5.43. The summed E-state index contributed by atoms with van der Waals surface area (Å²) < 4.78 is 2.40. The van der Waals surface area contributed by atoms with E-state index in [2.05, 4.69) is 74.5 Å². The molecule has 0 unspecified atom stereocenters. The lowest BCUT2D eigenvalue weighted by atomic mass is 10.1. The van der Waals surface area contributed by atoms with Crippen LogP contribution in [0.2, 0.25) is 0 Å². The third kappa shape index (κ3) is 3.38. The van der Waals surface area contributed by atoms with Gasteiger partial charge in [-0.15, -0.1) is 0 Å². The molecular formula is C20H26N2. The molecule has 0 atom stereocenters. The Morgan fingerprint density at radius 1 is 0.909 bits per heavy atom. The Labute approximate surface area is 133 Å². The molecule has 116 valence electrons. The third-order valence-electron chi connectivity index (χ3n) is 3.78. The molecule has 2 aromatic heterocycles. The molecule has 0 aliphatic carbocycles. The first kappa shape index (κ1) is 16.3. The van der Waals surface area contributed by atoms with Gasteiger partial charge < -0.3 is 4.57 Å². The number of hydrogen-bond acceptors (Lipinski definition) is 1. The summed E-state index contributed by atoms with van der Waals surface area (Å²) in [5, 5.41) is 1.37. The van der Waals surface area contributed by atoms with Crippen LogP contribution in [-0.4, -0.2) is 9.55 Å². The summed E-state index contributed by atoms with van der Waals surface area (Å²) in [5.41, 5.74) is 6.63. The highest BCUT2D eigenvalue weighted by Gasteiger charge is 2.10. The quantitative estimate of drug-likeness (QED) is 0.616. The van der Waals surface area contributed by atoms with Crippen molar-refractivity contribution >= 4 is 10.9 Å². The minimum atomic E-state index is 0.905. The number of benzene rings is 1. The Morgan fingerprint density at radius 3 is 2.14 bits per heavy atom. The fourth-order valence-electron chi connectivity index (χ4n) is 2.70. The van der Waals surface area contributed by atoms with Crippen LogP contribution in [0.25, 0.3) is 10.9 Å². The molecular weight excluding hydrogens is 268 g/mol. The van der Waals surface area contributed by atoms with Gasteiger partial charge in [0.25, 0.3) is 0 Å². The average Bonchev–Trinajstić information content (AvgIpc) is 2.83. The second-order valence-corrected chi connectivity index (χ2v) is 5.90. The zero-order valence-electron chi connectivity index (χ0n) is 14.4. The van der Waals surface area contributed by atoms with Gasteiger partial charge in [0.1, 0.15) is 0 Å². The monoisotopic (exact) mass is 294 g/mol. The summed E-state index contributed by atoms with van der Waals surface area (Å²) in [7, 11) is 0. The van der Waals surface area contributed by atoms with Crippen LogP contribution >= 0.6 is 0 Å². The number of nitrogens with zero attached hydrogens (tertiary/aromatic N) is 2. The van der Waals surface area contributed by atoms with E-state index in [1.807, 2.05) is 12.4 Å². The summed E-state index contributed by atoms with van der Waals surface area (Å²) in [5.74, 6) is 0. The SMILES string of the molecule is CCC.Cc1ccc(C)c2c1cc(C)n2Cc1ccncc1. The van der Waals surface area contributed by atoms with Gasteiger partial charge in [0.15, 0.2) is 0 Å².